The molecule has 1 heterocycles. The van der Waals surface area contributed by atoms with E-state index in [9.17, 15) is 20.1 Å². The Labute approximate surface area is 149 Å². The van der Waals surface area contributed by atoms with Gasteiger partial charge in [-0.25, -0.2) is 4.79 Å². The lowest BCUT2D eigenvalue weighted by Gasteiger charge is -2.59. The third-order valence-corrected chi connectivity index (χ3v) is 7.23. The first-order chi connectivity index (χ1) is 11.7. The Bertz CT molecular complexity index is 597. The van der Waals surface area contributed by atoms with Crippen LogP contribution in [0.5, 0.6) is 0 Å². The molecule has 3 fully saturated rings. The van der Waals surface area contributed by atoms with Crippen LogP contribution in [0.4, 0.5) is 0 Å². The van der Waals surface area contributed by atoms with Crippen LogP contribution in [0.1, 0.15) is 46.0 Å². The molecule has 25 heavy (non-hydrogen) atoms. The van der Waals surface area contributed by atoms with E-state index in [2.05, 4.69) is 13.5 Å². The number of carbonyl (C=O) groups is 1. The van der Waals surface area contributed by atoms with Gasteiger partial charge < -0.3 is 20.1 Å². The molecule has 0 radical (unpaired) electrons. The second kappa shape index (κ2) is 6.53. The van der Waals surface area contributed by atoms with E-state index in [1.54, 1.807) is 0 Å². The molecule has 5 heteroatoms. The van der Waals surface area contributed by atoms with E-state index >= 15 is 0 Å². The number of rotatable bonds is 3. The zero-order valence-corrected chi connectivity index (χ0v) is 15.2. The van der Waals surface area contributed by atoms with Crippen molar-refractivity contribution in [2.45, 2.75) is 58.2 Å². The van der Waals surface area contributed by atoms with Crippen molar-refractivity contribution in [2.24, 2.45) is 22.7 Å². The summed E-state index contributed by atoms with van der Waals surface area (Å²) in [7, 11) is 0. The Balaban J connectivity index is 1.89. The summed E-state index contributed by atoms with van der Waals surface area (Å²) in [5.74, 6) is -0.0734. The van der Waals surface area contributed by atoms with Crippen LogP contribution < -0.4 is 0 Å². The molecule has 140 valence electrons. The molecule has 6 atom stereocenters. The second-order valence-corrected chi connectivity index (χ2v) is 8.54. The van der Waals surface area contributed by atoms with Gasteiger partial charge in [0, 0.05) is 5.41 Å². The van der Waals surface area contributed by atoms with Crippen LogP contribution >= 0.6 is 0 Å². The van der Waals surface area contributed by atoms with Crippen molar-refractivity contribution in [3.63, 3.8) is 0 Å². The topological polar surface area (TPSA) is 87.0 Å². The van der Waals surface area contributed by atoms with E-state index in [4.69, 9.17) is 4.74 Å². The largest absolute Gasteiger partial charge is 0.459 e. The number of aliphatic hydroxyl groups excluding tert-OH is 3. The van der Waals surface area contributed by atoms with Crippen LogP contribution in [0.3, 0.4) is 0 Å². The SMILES string of the molecule is C=C1CC[C@H]2C(C)(CCC(O)[C@@]2(C)CO)[C@@H]1C/C=C1\C(=O)OCC1O. The number of hydrogen-bond donors (Lipinski definition) is 3. The van der Waals surface area contributed by atoms with Crippen LogP contribution in [0, 0.1) is 22.7 Å². The van der Waals surface area contributed by atoms with Crippen LogP contribution in [0.15, 0.2) is 23.8 Å². The Morgan fingerprint density at radius 1 is 1.32 bits per heavy atom. The predicted molar refractivity (Wildman–Crippen MR) is 93.6 cm³/mol. The quantitative estimate of drug-likeness (QED) is 0.411. The molecular weight excluding hydrogens is 320 g/mol. The molecule has 0 bridgehead atoms. The van der Waals surface area contributed by atoms with Gasteiger partial charge in [-0.1, -0.05) is 32.1 Å². The Morgan fingerprint density at radius 2 is 2.04 bits per heavy atom. The first kappa shape index (κ1) is 18.6. The van der Waals surface area contributed by atoms with Gasteiger partial charge in [0.2, 0.25) is 0 Å². The van der Waals surface area contributed by atoms with Gasteiger partial charge in [0.1, 0.15) is 12.7 Å². The molecule has 3 unspecified atom stereocenters. The predicted octanol–water partition coefficient (Wildman–Crippen LogP) is 1.96. The minimum absolute atomic E-state index is 0.0280. The fraction of sp³-hybridized carbons (Fsp3) is 0.750. The lowest BCUT2D eigenvalue weighted by atomic mass is 9.46. The normalized spacial score (nSPS) is 46.2. The number of allylic oxidation sites excluding steroid dienone is 2. The van der Waals surface area contributed by atoms with Gasteiger partial charge in [-0.15, -0.1) is 0 Å². The van der Waals surface area contributed by atoms with E-state index in [1.807, 2.05) is 13.0 Å². The summed E-state index contributed by atoms with van der Waals surface area (Å²) in [5.41, 5.74) is 0.911. The first-order valence-electron chi connectivity index (χ1n) is 9.26. The second-order valence-electron chi connectivity index (χ2n) is 8.54. The van der Waals surface area contributed by atoms with Crippen molar-refractivity contribution >= 4 is 5.97 Å². The monoisotopic (exact) mass is 350 g/mol. The highest BCUT2D eigenvalue weighted by Crippen LogP contribution is 2.61. The zero-order valence-electron chi connectivity index (χ0n) is 15.2. The van der Waals surface area contributed by atoms with Gasteiger partial charge in [-0.3, -0.25) is 0 Å². The Kier molecular flexibility index (Phi) is 4.86. The Hall–Kier alpha value is -1.17. The van der Waals surface area contributed by atoms with E-state index in [0.29, 0.717) is 18.4 Å². The van der Waals surface area contributed by atoms with E-state index in [-0.39, 0.29) is 30.5 Å². The number of ether oxygens (including phenoxy) is 1. The molecule has 0 amide bonds. The minimum Gasteiger partial charge on any atom is -0.459 e. The maximum Gasteiger partial charge on any atom is 0.336 e. The van der Waals surface area contributed by atoms with Gasteiger partial charge in [0.25, 0.3) is 0 Å². The van der Waals surface area contributed by atoms with Crippen molar-refractivity contribution in [1.29, 1.82) is 0 Å². The smallest absolute Gasteiger partial charge is 0.336 e. The summed E-state index contributed by atoms with van der Waals surface area (Å²) in [5, 5.41) is 30.4. The third-order valence-electron chi connectivity index (χ3n) is 7.23. The number of cyclic esters (lactones) is 1. The van der Waals surface area contributed by atoms with E-state index in [1.165, 1.54) is 0 Å². The highest BCUT2D eigenvalue weighted by atomic mass is 16.6. The number of fused-ring (bicyclic) bond motifs is 1. The summed E-state index contributed by atoms with van der Waals surface area (Å²) >= 11 is 0. The number of esters is 1. The molecule has 5 nitrogen and oxygen atoms in total. The fourth-order valence-electron chi connectivity index (χ4n) is 5.56. The molecule has 3 aliphatic rings. The van der Waals surface area contributed by atoms with Crippen molar-refractivity contribution in [2.75, 3.05) is 13.2 Å². The Morgan fingerprint density at radius 3 is 2.64 bits per heavy atom. The molecular formula is C20H30O5. The summed E-state index contributed by atoms with van der Waals surface area (Å²) < 4.78 is 4.90. The zero-order chi connectivity index (χ0) is 18.4. The van der Waals surface area contributed by atoms with Gasteiger partial charge in [0.15, 0.2) is 0 Å². The van der Waals surface area contributed by atoms with Crippen LogP contribution in [-0.4, -0.2) is 46.7 Å². The average Bonchev–Trinajstić information content (AvgIpc) is 2.89. The molecule has 0 spiro atoms. The van der Waals surface area contributed by atoms with E-state index < -0.39 is 23.6 Å². The summed E-state index contributed by atoms with van der Waals surface area (Å²) in [4.78, 5) is 11.8. The summed E-state index contributed by atoms with van der Waals surface area (Å²) in [6.07, 6.45) is 4.42. The van der Waals surface area contributed by atoms with Crippen LogP contribution in [-0.2, 0) is 9.53 Å². The van der Waals surface area contributed by atoms with Crippen LogP contribution in [0.25, 0.3) is 0 Å². The fourth-order valence-corrected chi connectivity index (χ4v) is 5.56. The number of hydrogen-bond acceptors (Lipinski definition) is 5. The number of aliphatic hydroxyl groups is 3. The van der Waals surface area contributed by atoms with Crippen molar-refractivity contribution < 1.29 is 24.9 Å². The molecule has 2 saturated carbocycles. The molecule has 0 aromatic heterocycles. The lowest BCUT2D eigenvalue weighted by Crippen LogP contribution is -2.57. The highest BCUT2D eigenvalue weighted by Gasteiger charge is 2.57. The van der Waals surface area contributed by atoms with Crippen LogP contribution in [0.2, 0.25) is 0 Å². The van der Waals surface area contributed by atoms with Gasteiger partial charge in [0.05, 0.1) is 18.3 Å². The van der Waals surface area contributed by atoms with Gasteiger partial charge in [-0.2, -0.15) is 0 Å². The molecule has 0 aromatic carbocycles. The molecule has 3 N–H and O–H groups in total. The molecule has 3 rings (SSSR count). The summed E-state index contributed by atoms with van der Waals surface area (Å²) in [6.45, 7) is 8.50. The van der Waals surface area contributed by atoms with Crippen molar-refractivity contribution in [1.82, 2.24) is 0 Å². The maximum absolute atomic E-state index is 11.8. The standard InChI is InChI=1S/C20H30O5/c1-12-4-7-16-19(2,9-8-17(23)20(16,3)11-21)14(12)6-5-13-15(22)10-25-18(13)24/h5,14-17,21-23H,1,4,6-11H2,2-3H3/b13-5-/t14-,15?,16+,17?,19?,20+/m1/s1. The summed E-state index contributed by atoms with van der Waals surface area (Å²) in [6, 6.07) is 0. The molecule has 1 aliphatic heterocycles. The lowest BCUT2D eigenvalue weighted by molar-refractivity contribution is -0.151. The molecule has 2 aliphatic carbocycles. The van der Waals surface area contributed by atoms with Gasteiger partial charge in [-0.05, 0) is 49.4 Å². The van der Waals surface area contributed by atoms with Crippen molar-refractivity contribution in [3.05, 3.63) is 23.8 Å². The van der Waals surface area contributed by atoms with Gasteiger partial charge >= 0.3 is 5.97 Å². The third kappa shape index (κ3) is 2.86. The maximum atomic E-state index is 11.8. The molecule has 0 aromatic rings. The molecule has 1 saturated heterocycles. The highest BCUT2D eigenvalue weighted by molar-refractivity contribution is 5.91. The average molecular weight is 350 g/mol. The van der Waals surface area contributed by atoms with Crippen molar-refractivity contribution in [3.8, 4) is 0 Å². The number of carbonyl (C=O) groups excluding carboxylic acids is 1. The minimum atomic E-state index is -0.844. The first-order valence-corrected chi connectivity index (χ1v) is 9.26. The van der Waals surface area contributed by atoms with E-state index in [0.717, 1.165) is 24.8 Å².